The Morgan fingerprint density at radius 2 is 1.71 bits per heavy atom. The number of hydrogen-bond acceptors (Lipinski definition) is 5. The van der Waals surface area contributed by atoms with Gasteiger partial charge in [-0.05, 0) is 59.8 Å². The molecule has 1 aromatic heterocycles. The van der Waals surface area contributed by atoms with Crippen LogP contribution < -0.4 is 10.1 Å². The summed E-state index contributed by atoms with van der Waals surface area (Å²) in [5, 5.41) is 4.95. The normalized spacial score (nSPS) is 19.7. The maximum atomic E-state index is 13.1. The molecule has 2 fully saturated rings. The van der Waals surface area contributed by atoms with Gasteiger partial charge in [-0.25, -0.2) is 4.79 Å². The van der Waals surface area contributed by atoms with Gasteiger partial charge in [0, 0.05) is 36.5 Å². The van der Waals surface area contributed by atoms with Gasteiger partial charge in [0.15, 0.2) is 0 Å². The van der Waals surface area contributed by atoms with Crippen LogP contribution in [0.3, 0.4) is 0 Å². The number of carbonyl (C=O) groups excluding carboxylic acids is 2. The van der Waals surface area contributed by atoms with Crippen molar-refractivity contribution in [2.24, 2.45) is 5.92 Å². The van der Waals surface area contributed by atoms with Gasteiger partial charge in [-0.1, -0.05) is 67.4 Å². The molecule has 2 saturated carbocycles. The molecule has 0 aliphatic heterocycles. The molecule has 0 saturated heterocycles. The van der Waals surface area contributed by atoms with Crippen molar-refractivity contribution in [3.63, 3.8) is 0 Å². The summed E-state index contributed by atoms with van der Waals surface area (Å²) in [6.45, 7) is 1.08. The maximum Gasteiger partial charge on any atom is 0.417 e. The third kappa shape index (κ3) is 6.09. The molecule has 2 aliphatic rings. The van der Waals surface area contributed by atoms with Gasteiger partial charge in [-0.15, -0.1) is 0 Å². The third-order valence-corrected chi connectivity index (χ3v) is 7.54. The third-order valence-electron chi connectivity index (χ3n) is 7.00. The lowest BCUT2D eigenvalue weighted by atomic mass is 9.75. The Labute approximate surface area is 210 Å². The van der Waals surface area contributed by atoms with Gasteiger partial charge in [0.25, 0.3) is 0 Å². The first kappa shape index (κ1) is 23.5. The Kier molecular flexibility index (Phi) is 7.42. The second-order valence-electron chi connectivity index (χ2n) is 9.51. The average Bonchev–Trinajstić information content (AvgIpc) is 3.62. The number of nitrogens with zero attached hydrogens (tertiary/aromatic N) is 2. The van der Waals surface area contributed by atoms with Gasteiger partial charge >= 0.3 is 6.09 Å². The summed E-state index contributed by atoms with van der Waals surface area (Å²) in [4.78, 5) is 27.6. The lowest BCUT2D eigenvalue weighted by Gasteiger charge is -2.31. The second kappa shape index (κ2) is 11.0. The highest BCUT2D eigenvalue weighted by Gasteiger charge is 2.35. The number of benzene rings is 2. The monoisotopic (exact) mass is 489 g/mol. The predicted molar refractivity (Wildman–Crippen MR) is 136 cm³/mol. The van der Waals surface area contributed by atoms with Gasteiger partial charge in [0.2, 0.25) is 11.8 Å². The fraction of sp³-hybridized carbons (Fsp3) is 0.393. The molecule has 7 heteroatoms. The molecule has 1 N–H and O–H groups in total. The number of hydrogen-bond donors (Lipinski definition) is 1. The van der Waals surface area contributed by atoms with Crippen LogP contribution >= 0.6 is 11.5 Å². The number of amides is 2. The van der Waals surface area contributed by atoms with Crippen molar-refractivity contribution in [1.29, 1.82) is 0 Å². The van der Waals surface area contributed by atoms with Crippen LogP contribution in [0.2, 0.25) is 0 Å². The number of rotatable bonds is 8. The SMILES string of the molecule is O=C(NCc1ccccc1)C1CCCC[C@@H]1c1ccc(CN(C(=O)Oc2ccsn2)C2CC2)cc1. The second-order valence-corrected chi connectivity index (χ2v) is 10.2. The molecule has 1 unspecified atom stereocenters. The quantitative estimate of drug-likeness (QED) is 0.428. The van der Waals surface area contributed by atoms with Crippen LogP contribution in [0.25, 0.3) is 0 Å². The van der Waals surface area contributed by atoms with Crippen LogP contribution in [0.5, 0.6) is 5.88 Å². The van der Waals surface area contributed by atoms with Crippen LogP contribution in [0.1, 0.15) is 61.1 Å². The Morgan fingerprint density at radius 1 is 0.943 bits per heavy atom. The Morgan fingerprint density at radius 3 is 2.43 bits per heavy atom. The zero-order valence-electron chi connectivity index (χ0n) is 19.8. The van der Waals surface area contributed by atoms with Crippen molar-refractivity contribution in [2.45, 2.75) is 63.6 Å². The van der Waals surface area contributed by atoms with Crippen molar-refractivity contribution in [3.05, 3.63) is 82.7 Å². The molecule has 2 amide bonds. The highest BCUT2D eigenvalue weighted by molar-refractivity contribution is 7.03. The molecule has 6 nitrogen and oxygen atoms in total. The molecular formula is C28H31N3O3S. The fourth-order valence-corrected chi connectivity index (χ4v) is 5.40. The van der Waals surface area contributed by atoms with Crippen LogP contribution in [0.15, 0.2) is 66.0 Å². The summed E-state index contributed by atoms with van der Waals surface area (Å²) in [6, 6.07) is 20.5. The molecule has 1 heterocycles. The van der Waals surface area contributed by atoms with E-state index in [1.165, 1.54) is 17.1 Å². The van der Waals surface area contributed by atoms with Crippen LogP contribution in [0.4, 0.5) is 4.79 Å². The van der Waals surface area contributed by atoms with Crippen molar-refractivity contribution >= 4 is 23.5 Å². The highest BCUT2D eigenvalue weighted by atomic mass is 32.1. The number of ether oxygens (including phenoxy) is 1. The highest BCUT2D eigenvalue weighted by Crippen LogP contribution is 2.38. The summed E-state index contributed by atoms with van der Waals surface area (Å²) in [6.07, 6.45) is 5.85. The van der Waals surface area contributed by atoms with Gasteiger partial charge in [0.1, 0.15) is 0 Å². The first-order chi connectivity index (χ1) is 17.2. The molecule has 182 valence electrons. The van der Waals surface area contributed by atoms with E-state index in [1.807, 2.05) is 30.3 Å². The summed E-state index contributed by atoms with van der Waals surface area (Å²) in [5.74, 6) is 0.722. The molecule has 0 bridgehead atoms. The van der Waals surface area contributed by atoms with Crippen LogP contribution in [0, 0.1) is 5.92 Å². The lowest BCUT2D eigenvalue weighted by molar-refractivity contribution is -0.126. The Balaban J connectivity index is 1.22. The van der Waals surface area contributed by atoms with Gasteiger partial charge < -0.3 is 15.0 Å². The van der Waals surface area contributed by atoms with Crippen molar-refractivity contribution in [3.8, 4) is 5.88 Å². The van der Waals surface area contributed by atoms with E-state index in [0.717, 1.165) is 49.7 Å². The van der Waals surface area contributed by atoms with E-state index in [4.69, 9.17) is 4.74 Å². The van der Waals surface area contributed by atoms with E-state index in [9.17, 15) is 9.59 Å². The summed E-state index contributed by atoms with van der Waals surface area (Å²) in [7, 11) is 0. The summed E-state index contributed by atoms with van der Waals surface area (Å²) < 4.78 is 9.53. The average molecular weight is 490 g/mol. The van der Waals surface area contributed by atoms with E-state index in [-0.39, 0.29) is 29.9 Å². The zero-order valence-corrected chi connectivity index (χ0v) is 20.6. The summed E-state index contributed by atoms with van der Waals surface area (Å²) in [5.41, 5.74) is 3.39. The van der Waals surface area contributed by atoms with Gasteiger partial charge in [-0.3, -0.25) is 4.79 Å². The minimum atomic E-state index is -0.343. The van der Waals surface area contributed by atoms with Crippen molar-refractivity contribution < 1.29 is 14.3 Å². The first-order valence-corrected chi connectivity index (χ1v) is 13.3. The molecule has 5 rings (SSSR count). The molecule has 2 atom stereocenters. The molecule has 0 spiro atoms. The lowest BCUT2D eigenvalue weighted by Crippen LogP contribution is -2.35. The van der Waals surface area contributed by atoms with Crippen LogP contribution in [-0.2, 0) is 17.9 Å². The van der Waals surface area contributed by atoms with Gasteiger partial charge in [0.05, 0.1) is 0 Å². The minimum absolute atomic E-state index is 0.00522. The smallest absolute Gasteiger partial charge is 0.390 e. The molecule has 3 aromatic rings. The van der Waals surface area contributed by atoms with E-state index < -0.39 is 0 Å². The molecule has 35 heavy (non-hydrogen) atoms. The van der Waals surface area contributed by atoms with E-state index in [2.05, 4.69) is 34.0 Å². The largest absolute Gasteiger partial charge is 0.417 e. The number of nitrogens with one attached hydrogen (secondary N) is 1. The fourth-order valence-electron chi connectivity index (χ4n) is 4.96. The molecule has 2 aliphatic carbocycles. The number of carbonyl (C=O) groups is 2. The maximum absolute atomic E-state index is 13.1. The Bertz CT molecular complexity index is 1110. The minimum Gasteiger partial charge on any atom is -0.390 e. The van der Waals surface area contributed by atoms with Gasteiger partial charge in [-0.2, -0.15) is 4.37 Å². The van der Waals surface area contributed by atoms with Crippen LogP contribution in [-0.4, -0.2) is 27.3 Å². The Hall–Kier alpha value is -3.19. The topological polar surface area (TPSA) is 71.5 Å². The molecular weight excluding hydrogens is 458 g/mol. The summed E-state index contributed by atoms with van der Waals surface area (Å²) >= 11 is 1.27. The zero-order chi connectivity index (χ0) is 24.0. The number of aromatic nitrogens is 1. The first-order valence-electron chi connectivity index (χ1n) is 12.5. The van der Waals surface area contributed by atoms with E-state index in [0.29, 0.717) is 19.0 Å². The van der Waals surface area contributed by atoms with Crippen molar-refractivity contribution in [1.82, 2.24) is 14.6 Å². The molecule has 2 aromatic carbocycles. The van der Waals surface area contributed by atoms with E-state index >= 15 is 0 Å². The van der Waals surface area contributed by atoms with Crippen molar-refractivity contribution in [2.75, 3.05) is 0 Å². The van der Waals surface area contributed by atoms with E-state index in [1.54, 1.807) is 16.3 Å². The standard InChI is InChI=1S/C28H31N3O3S/c32-27(29-18-20-6-2-1-3-7-20)25-9-5-4-8-24(25)22-12-10-21(11-13-22)19-31(23-14-15-23)28(33)34-26-16-17-35-30-26/h1-3,6-7,10-13,16-17,23-25H,4-5,8-9,14-15,18-19H2,(H,29,32)/t24-,25?/m1/s1. The predicted octanol–water partition coefficient (Wildman–Crippen LogP) is 5.90. The molecule has 0 radical (unpaired) electrons.